The third-order valence-electron chi connectivity index (χ3n) is 5.75. The second-order valence-corrected chi connectivity index (χ2v) is 7.47. The van der Waals surface area contributed by atoms with Crippen molar-refractivity contribution in [1.82, 2.24) is 14.8 Å². The fourth-order valence-corrected chi connectivity index (χ4v) is 4.46. The number of hydrogen-bond donors (Lipinski definition) is 1. The summed E-state index contributed by atoms with van der Waals surface area (Å²) in [6.45, 7) is 6.73. The zero-order valence-corrected chi connectivity index (χ0v) is 15.1. The van der Waals surface area contributed by atoms with E-state index in [1.165, 1.54) is 6.42 Å². The number of carbonyl (C=O) groups is 1. The van der Waals surface area contributed by atoms with Crippen molar-refractivity contribution in [2.24, 2.45) is 11.8 Å². The van der Waals surface area contributed by atoms with Crippen LogP contribution in [0.5, 0.6) is 5.75 Å². The van der Waals surface area contributed by atoms with Gasteiger partial charge in [0.05, 0.1) is 13.0 Å². The summed E-state index contributed by atoms with van der Waals surface area (Å²) in [7, 11) is 2.18. The van der Waals surface area contributed by atoms with E-state index in [1.807, 2.05) is 31.3 Å². The molecule has 1 amide bonds. The minimum atomic E-state index is 0.240. The van der Waals surface area contributed by atoms with Crippen LogP contribution in [0.15, 0.2) is 24.4 Å². The van der Waals surface area contributed by atoms with Gasteiger partial charge in [-0.05, 0) is 56.5 Å². The van der Waals surface area contributed by atoms with Crippen molar-refractivity contribution >= 4 is 16.8 Å². The number of amides is 1. The highest BCUT2D eigenvalue weighted by molar-refractivity contribution is 5.93. The average molecular weight is 341 g/mol. The monoisotopic (exact) mass is 341 g/mol. The summed E-state index contributed by atoms with van der Waals surface area (Å²) >= 11 is 0. The van der Waals surface area contributed by atoms with Gasteiger partial charge < -0.3 is 19.5 Å². The number of fused-ring (bicyclic) bond motifs is 2. The zero-order valence-electron chi connectivity index (χ0n) is 15.1. The van der Waals surface area contributed by atoms with Gasteiger partial charge in [0.1, 0.15) is 5.75 Å². The molecular formula is C20H27N3O2. The van der Waals surface area contributed by atoms with Gasteiger partial charge in [0.15, 0.2) is 0 Å². The van der Waals surface area contributed by atoms with Gasteiger partial charge in [-0.1, -0.05) is 6.07 Å². The number of benzene rings is 1. The van der Waals surface area contributed by atoms with E-state index in [9.17, 15) is 4.79 Å². The molecule has 1 aromatic heterocycles. The Bertz CT molecular complexity index is 769. The van der Waals surface area contributed by atoms with Gasteiger partial charge in [-0.25, -0.2) is 0 Å². The zero-order chi connectivity index (χ0) is 17.4. The van der Waals surface area contributed by atoms with E-state index in [0.29, 0.717) is 24.9 Å². The Morgan fingerprint density at radius 1 is 1.28 bits per heavy atom. The summed E-state index contributed by atoms with van der Waals surface area (Å²) in [4.78, 5) is 20.7. The van der Waals surface area contributed by atoms with Crippen LogP contribution in [0, 0.1) is 11.8 Å². The van der Waals surface area contributed by atoms with Crippen molar-refractivity contribution in [1.29, 1.82) is 0 Å². The number of H-pyrrole nitrogens is 1. The summed E-state index contributed by atoms with van der Waals surface area (Å²) in [5.74, 6) is 2.43. The molecule has 0 radical (unpaired) electrons. The van der Waals surface area contributed by atoms with Crippen LogP contribution < -0.4 is 4.74 Å². The van der Waals surface area contributed by atoms with E-state index in [4.69, 9.17) is 4.74 Å². The molecule has 5 heteroatoms. The molecule has 1 N–H and O–H groups in total. The molecule has 5 nitrogen and oxygen atoms in total. The number of hydrogen-bond acceptors (Lipinski definition) is 3. The lowest BCUT2D eigenvalue weighted by Crippen LogP contribution is -2.37. The van der Waals surface area contributed by atoms with Crippen molar-refractivity contribution in [3.8, 4) is 5.75 Å². The Kier molecular flexibility index (Phi) is 4.42. The van der Waals surface area contributed by atoms with Crippen LogP contribution in [-0.2, 0) is 11.2 Å². The van der Waals surface area contributed by atoms with Crippen molar-refractivity contribution in [2.45, 2.75) is 19.8 Å². The van der Waals surface area contributed by atoms with E-state index < -0.39 is 0 Å². The van der Waals surface area contributed by atoms with Crippen LogP contribution in [0.1, 0.15) is 18.9 Å². The van der Waals surface area contributed by atoms with Crippen molar-refractivity contribution in [3.05, 3.63) is 30.0 Å². The minimum Gasteiger partial charge on any atom is -0.493 e. The highest BCUT2D eigenvalue weighted by Crippen LogP contribution is 2.32. The molecule has 0 unspecified atom stereocenters. The molecule has 4 rings (SSSR count). The largest absolute Gasteiger partial charge is 0.493 e. The minimum absolute atomic E-state index is 0.240. The highest BCUT2D eigenvalue weighted by Gasteiger charge is 2.37. The molecule has 2 aliphatic heterocycles. The quantitative estimate of drug-likeness (QED) is 0.930. The number of piperidine rings is 1. The molecule has 2 fully saturated rings. The SMILES string of the molecule is CCOc1cccc2[nH]cc(CC(=O)N3C[C@H]4CN(C)CC[C@H]4C3)c12. The van der Waals surface area contributed by atoms with E-state index in [1.54, 1.807) is 0 Å². The maximum atomic E-state index is 12.9. The fourth-order valence-electron chi connectivity index (χ4n) is 4.46. The molecule has 0 spiro atoms. The van der Waals surface area contributed by atoms with Crippen molar-refractivity contribution < 1.29 is 9.53 Å². The number of carbonyl (C=O) groups excluding carboxylic acids is 1. The number of rotatable bonds is 4. The standard InChI is InChI=1S/C20H27N3O2/c1-3-25-18-6-4-5-17-20(18)15(10-21-17)9-19(24)23-12-14-7-8-22(2)11-16(14)13-23/h4-6,10,14,16,21H,3,7-9,11-13H2,1-2H3/t14-,16+/m0/s1. The van der Waals surface area contributed by atoms with Gasteiger partial charge in [-0.15, -0.1) is 0 Å². The molecule has 134 valence electrons. The number of nitrogens with one attached hydrogen (secondary N) is 1. The predicted octanol–water partition coefficient (Wildman–Crippen LogP) is 2.52. The van der Waals surface area contributed by atoms with Crippen LogP contribution >= 0.6 is 0 Å². The maximum Gasteiger partial charge on any atom is 0.227 e. The lowest BCUT2D eigenvalue weighted by Gasteiger charge is -2.31. The second-order valence-electron chi connectivity index (χ2n) is 7.47. The summed E-state index contributed by atoms with van der Waals surface area (Å²) < 4.78 is 5.76. The summed E-state index contributed by atoms with van der Waals surface area (Å²) in [5.41, 5.74) is 2.07. The first kappa shape index (κ1) is 16.5. The molecule has 25 heavy (non-hydrogen) atoms. The Balaban J connectivity index is 1.51. The number of nitrogens with zero attached hydrogens (tertiary/aromatic N) is 2. The Hall–Kier alpha value is -2.01. The van der Waals surface area contributed by atoms with Crippen molar-refractivity contribution in [2.75, 3.05) is 39.8 Å². The number of likely N-dealkylation sites (tertiary alicyclic amines) is 2. The molecule has 2 atom stereocenters. The van der Waals surface area contributed by atoms with Gasteiger partial charge in [0.2, 0.25) is 5.91 Å². The van der Waals surface area contributed by atoms with Crippen LogP contribution in [0.3, 0.4) is 0 Å². The normalized spacial score (nSPS) is 23.8. The first-order valence-electron chi connectivity index (χ1n) is 9.33. The molecule has 2 saturated heterocycles. The summed E-state index contributed by atoms with van der Waals surface area (Å²) in [6.07, 6.45) is 3.62. The molecule has 3 heterocycles. The van der Waals surface area contributed by atoms with Crippen LogP contribution in [0.25, 0.3) is 10.9 Å². The van der Waals surface area contributed by atoms with E-state index in [-0.39, 0.29) is 5.91 Å². The van der Waals surface area contributed by atoms with E-state index in [2.05, 4.69) is 21.8 Å². The number of ether oxygens (including phenoxy) is 1. The maximum absolute atomic E-state index is 12.9. The first-order chi connectivity index (χ1) is 12.2. The van der Waals surface area contributed by atoms with Gasteiger partial charge in [-0.3, -0.25) is 4.79 Å². The van der Waals surface area contributed by atoms with Crippen LogP contribution in [0.2, 0.25) is 0 Å². The third kappa shape index (κ3) is 3.13. The number of aromatic nitrogens is 1. The summed E-state index contributed by atoms with van der Waals surface area (Å²) in [6, 6.07) is 6.00. The van der Waals surface area contributed by atoms with E-state index in [0.717, 1.165) is 48.4 Å². The van der Waals surface area contributed by atoms with Gasteiger partial charge in [-0.2, -0.15) is 0 Å². The molecule has 0 saturated carbocycles. The van der Waals surface area contributed by atoms with Gasteiger partial charge >= 0.3 is 0 Å². The van der Waals surface area contributed by atoms with E-state index >= 15 is 0 Å². The Morgan fingerprint density at radius 3 is 2.96 bits per heavy atom. The molecule has 2 aromatic rings. The second kappa shape index (κ2) is 6.71. The molecule has 2 aliphatic rings. The first-order valence-corrected chi connectivity index (χ1v) is 9.33. The number of aromatic amines is 1. The topological polar surface area (TPSA) is 48.6 Å². The van der Waals surface area contributed by atoms with Crippen molar-refractivity contribution in [3.63, 3.8) is 0 Å². The Morgan fingerprint density at radius 2 is 2.12 bits per heavy atom. The smallest absolute Gasteiger partial charge is 0.227 e. The Labute approximate surface area is 148 Å². The molecule has 1 aromatic carbocycles. The molecule has 0 aliphatic carbocycles. The predicted molar refractivity (Wildman–Crippen MR) is 98.8 cm³/mol. The lowest BCUT2D eigenvalue weighted by molar-refractivity contribution is -0.129. The lowest BCUT2D eigenvalue weighted by atomic mass is 9.89. The fraction of sp³-hybridized carbons (Fsp3) is 0.550. The summed E-state index contributed by atoms with van der Waals surface area (Å²) in [5, 5.41) is 1.05. The van der Waals surface area contributed by atoms with Crippen LogP contribution in [0.4, 0.5) is 0 Å². The molecule has 0 bridgehead atoms. The average Bonchev–Trinajstić information content (AvgIpc) is 3.19. The highest BCUT2D eigenvalue weighted by atomic mass is 16.5. The van der Waals surface area contributed by atoms with Crippen LogP contribution in [-0.4, -0.2) is 60.5 Å². The van der Waals surface area contributed by atoms with Gasteiger partial charge in [0, 0.05) is 36.7 Å². The molecular weight excluding hydrogens is 314 g/mol. The van der Waals surface area contributed by atoms with Gasteiger partial charge in [0.25, 0.3) is 0 Å². The third-order valence-corrected chi connectivity index (χ3v) is 5.75.